The van der Waals surface area contributed by atoms with Crippen LogP contribution in [0.25, 0.3) is 0 Å². The predicted octanol–water partition coefficient (Wildman–Crippen LogP) is 4.80. The zero-order valence-electron chi connectivity index (χ0n) is 16.2. The average molecular weight is 351 g/mol. The van der Waals surface area contributed by atoms with E-state index in [1.165, 1.54) is 5.56 Å². The zero-order valence-corrected chi connectivity index (χ0v) is 16.2. The van der Waals surface area contributed by atoms with Crippen LogP contribution in [0, 0.1) is 12.3 Å². The molecular weight excluding hydrogens is 320 g/mol. The Morgan fingerprint density at radius 2 is 2.00 bits per heavy atom. The van der Waals surface area contributed by atoms with Crippen molar-refractivity contribution < 1.29 is 4.79 Å². The molecule has 2 atom stereocenters. The van der Waals surface area contributed by atoms with Crippen LogP contribution in [0.2, 0.25) is 0 Å². The van der Waals surface area contributed by atoms with E-state index in [9.17, 15) is 4.79 Å². The first-order valence-corrected chi connectivity index (χ1v) is 9.68. The second kappa shape index (κ2) is 8.03. The van der Waals surface area contributed by atoms with Gasteiger partial charge in [-0.25, -0.2) is 0 Å². The summed E-state index contributed by atoms with van der Waals surface area (Å²) in [6.07, 6.45) is 8.28. The number of carbonyl (C=O) groups is 1. The number of hydrogen-bond acceptors (Lipinski definition) is 2. The van der Waals surface area contributed by atoms with Crippen molar-refractivity contribution in [3.8, 4) is 0 Å². The Kier molecular flexibility index (Phi) is 5.75. The summed E-state index contributed by atoms with van der Waals surface area (Å²) in [4.78, 5) is 16.8. The molecule has 138 valence electrons. The molecule has 3 rings (SSSR count). The van der Waals surface area contributed by atoms with Crippen LogP contribution in [-0.4, -0.2) is 16.9 Å². The topological polar surface area (TPSA) is 42.0 Å². The molecule has 26 heavy (non-hydrogen) atoms. The van der Waals surface area contributed by atoms with Gasteiger partial charge in [-0.15, -0.1) is 0 Å². The van der Waals surface area contributed by atoms with Gasteiger partial charge in [0, 0.05) is 30.8 Å². The minimum atomic E-state index is 0.150. The summed E-state index contributed by atoms with van der Waals surface area (Å²) in [7, 11) is 0. The van der Waals surface area contributed by atoms with Crippen LogP contribution in [0.1, 0.15) is 62.1 Å². The molecule has 1 heterocycles. The summed E-state index contributed by atoms with van der Waals surface area (Å²) in [5.74, 6) is 0.543. The minimum absolute atomic E-state index is 0.150. The largest absolute Gasteiger partial charge is 0.353 e. The van der Waals surface area contributed by atoms with E-state index in [-0.39, 0.29) is 11.9 Å². The number of carbonyl (C=O) groups excluding carboxylic acids is 1. The minimum Gasteiger partial charge on any atom is -0.353 e. The average Bonchev–Trinajstić information content (AvgIpc) is 2.62. The van der Waals surface area contributed by atoms with Crippen molar-refractivity contribution in [2.24, 2.45) is 5.41 Å². The lowest BCUT2D eigenvalue weighted by Gasteiger charge is -2.41. The van der Waals surface area contributed by atoms with Gasteiger partial charge in [0.1, 0.15) is 0 Å². The summed E-state index contributed by atoms with van der Waals surface area (Å²) in [5, 5.41) is 3.33. The zero-order chi connectivity index (χ0) is 18.6. The highest BCUT2D eigenvalue weighted by atomic mass is 16.1. The third kappa shape index (κ3) is 4.94. The van der Waals surface area contributed by atoms with E-state index in [4.69, 9.17) is 0 Å². The number of benzene rings is 1. The Hall–Kier alpha value is -2.16. The molecular formula is C23H30N2O. The van der Waals surface area contributed by atoms with Gasteiger partial charge in [0.25, 0.3) is 0 Å². The van der Waals surface area contributed by atoms with Crippen molar-refractivity contribution in [1.29, 1.82) is 0 Å². The van der Waals surface area contributed by atoms with Crippen molar-refractivity contribution in [2.75, 3.05) is 0 Å². The molecule has 0 aliphatic heterocycles. The van der Waals surface area contributed by atoms with Crippen LogP contribution in [0.15, 0.2) is 48.8 Å². The maximum absolute atomic E-state index is 12.6. The summed E-state index contributed by atoms with van der Waals surface area (Å²) < 4.78 is 0. The number of rotatable bonds is 5. The van der Waals surface area contributed by atoms with E-state index >= 15 is 0 Å². The number of nitrogens with zero attached hydrogens (tertiary/aromatic N) is 1. The Balaban J connectivity index is 1.63. The summed E-state index contributed by atoms with van der Waals surface area (Å²) in [6.45, 7) is 6.71. The lowest BCUT2D eigenvalue weighted by Crippen LogP contribution is -2.44. The van der Waals surface area contributed by atoms with E-state index in [1.54, 1.807) is 0 Å². The van der Waals surface area contributed by atoms with Crippen molar-refractivity contribution in [1.82, 2.24) is 10.3 Å². The van der Waals surface area contributed by atoms with Crippen molar-refractivity contribution >= 4 is 5.91 Å². The Labute approximate surface area is 157 Å². The molecule has 1 N–H and O–H groups in total. The van der Waals surface area contributed by atoms with Gasteiger partial charge in [0.2, 0.25) is 5.91 Å². The van der Waals surface area contributed by atoms with E-state index in [1.807, 2.05) is 19.3 Å². The first-order chi connectivity index (χ1) is 12.4. The highest BCUT2D eigenvalue weighted by molar-refractivity contribution is 5.76. The fourth-order valence-corrected chi connectivity index (χ4v) is 4.10. The van der Waals surface area contributed by atoms with Gasteiger partial charge < -0.3 is 5.32 Å². The fourth-order valence-electron chi connectivity index (χ4n) is 4.10. The molecule has 1 aromatic heterocycles. The Morgan fingerprint density at radius 3 is 2.73 bits per heavy atom. The SMILES string of the molecule is Cc1cncc(CCC(=O)NC2CCC(C)(C)CC2c2ccccc2)c1. The standard InChI is InChI=1S/C23H30N2O/c1-17-13-18(16-24-15-17)9-10-22(26)25-21-11-12-23(2,3)14-20(21)19-7-5-4-6-8-19/h4-8,13,15-16,20-21H,9-12,14H2,1-3H3,(H,25,26). The number of pyridine rings is 1. The van der Waals surface area contributed by atoms with Gasteiger partial charge in [-0.05, 0) is 54.7 Å². The molecule has 1 aliphatic rings. The molecule has 1 fully saturated rings. The quantitative estimate of drug-likeness (QED) is 0.841. The number of aromatic nitrogens is 1. The third-order valence-corrected chi connectivity index (χ3v) is 5.54. The highest BCUT2D eigenvalue weighted by Crippen LogP contribution is 2.43. The molecule has 3 heteroatoms. The van der Waals surface area contributed by atoms with E-state index in [0.717, 1.165) is 36.8 Å². The van der Waals surface area contributed by atoms with Gasteiger partial charge in [-0.2, -0.15) is 0 Å². The molecule has 0 saturated heterocycles. The lowest BCUT2D eigenvalue weighted by atomic mass is 9.68. The second-order valence-corrected chi connectivity index (χ2v) is 8.47. The van der Waals surface area contributed by atoms with Crippen LogP contribution in [0.3, 0.4) is 0 Å². The molecule has 0 radical (unpaired) electrons. The maximum atomic E-state index is 12.6. The molecule has 0 spiro atoms. The Morgan fingerprint density at radius 1 is 1.23 bits per heavy atom. The van der Waals surface area contributed by atoms with Gasteiger partial charge >= 0.3 is 0 Å². The molecule has 2 aromatic rings. The van der Waals surface area contributed by atoms with Crippen LogP contribution in [-0.2, 0) is 11.2 Å². The van der Waals surface area contributed by atoms with Crippen LogP contribution < -0.4 is 5.32 Å². The predicted molar refractivity (Wildman–Crippen MR) is 106 cm³/mol. The number of aryl methyl sites for hydroxylation is 2. The van der Waals surface area contributed by atoms with Crippen LogP contribution >= 0.6 is 0 Å². The number of hydrogen-bond donors (Lipinski definition) is 1. The van der Waals surface area contributed by atoms with E-state index < -0.39 is 0 Å². The molecule has 1 saturated carbocycles. The molecule has 1 amide bonds. The van der Waals surface area contributed by atoms with Gasteiger partial charge in [0.15, 0.2) is 0 Å². The molecule has 3 nitrogen and oxygen atoms in total. The van der Waals surface area contributed by atoms with Crippen molar-refractivity contribution in [2.45, 2.75) is 64.8 Å². The van der Waals surface area contributed by atoms with E-state index in [2.05, 4.69) is 60.5 Å². The lowest BCUT2D eigenvalue weighted by molar-refractivity contribution is -0.122. The number of nitrogens with one attached hydrogen (secondary N) is 1. The summed E-state index contributed by atoms with van der Waals surface area (Å²) in [5.41, 5.74) is 3.94. The monoisotopic (exact) mass is 350 g/mol. The van der Waals surface area contributed by atoms with Crippen LogP contribution in [0.4, 0.5) is 0 Å². The second-order valence-electron chi connectivity index (χ2n) is 8.47. The van der Waals surface area contributed by atoms with Crippen molar-refractivity contribution in [3.05, 3.63) is 65.5 Å². The van der Waals surface area contributed by atoms with Gasteiger partial charge in [-0.3, -0.25) is 9.78 Å². The molecule has 0 bridgehead atoms. The Bertz CT molecular complexity index is 739. The summed E-state index contributed by atoms with van der Waals surface area (Å²) >= 11 is 0. The third-order valence-electron chi connectivity index (χ3n) is 5.54. The molecule has 2 unspecified atom stereocenters. The van der Waals surface area contributed by atoms with E-state index in [0.29, 0.717) is 17.8 Å². The smallest absolute Gasteiger partial charge is 0.220 e. The normalized spacial score (nSPS) is 22.0. The number of amides is 1. The van der Waals surface area contributed by atoms with Crippen molar-refractivity contribution in [3.63, 3.8) is 0 Å². The maximum Gasteiger partial charge on any atom is 0.220 e. The summed E-state index contributed by atoms with van der Waals surface area (Å²) in [6, 6.07) is 13.0. The van der Waals surface area contributed by atoms with Gasteiger partial charge in [-0.1, -0.05) is 50.2 Å². The molecule has 1 aliphatic carbocycles. The first kappa shape index (κ1) is 18.6. The first-order valence-electron chi connectivity index (χ1n) is 9.68. The van der Waals surface area contributed by atoms with Crippen LogP contribution in [0.5, 0.6) is 0 Å². The molecule has 1 aromatic carbocycles. The van der Waals surface area contributed by atoms with Gasteiger partial charge in [0.05, 0.1) is 0 Å². The fraction of sp³-hybridized carbons (Fsp3) is 0.478. The highest BCUT2D eigenvalue weighted by Gasteiger charge is 2.36.